The third kappa shape index (κ3) is 4.62. The van der Waals surface area contributed by atoms with Crippen molar-refractivity contribution in [1.82, 2.24) is 20.0 Å². The van der Waals surface area contributed by atoms with Gasteiger partial charge in [0.25, 0.3) is 5.91 Å². The Kier molecular flexibility index (Phi) is 5.94. The van der Waals surface area contributed by atoms with Crippen molar-refractivity contribution in [3.8, 4) is 0 Å². The fourth-order valence-corrected chi connectivity index (χ4v) is 4.48. The average molecular weight is 443 g/mol. The van der Waals surface area contributed by atoms with Gasteiger partial charge in [0, 0.05) is 51.3 Å². The Morgan fingerprint density at radius 2 is 1.84 bits per heavy atom. The Hall–Kier alpha value is -2.94. The molecule has 0 bridgehead atoms. The van der Waals surface area contributed by atoms with Crippen LogP contribution in [0.1, 0.15) is 55.1 Å². The van der Waals surface area contributed by atoms with Crippen LogP contribution in [0.3, 0.4) is 0 Å². The molecule has 1 unspecified atom stereocenters. The minimum Gasteiger partial charge on any atom is -0.444 e. The van der Waals surface area contributed by atoms with Gasteiger partial charge in [0.1, 0.15) is 11.6 Å². The number of piperazine rings is 1. The summed E-state index contributed by atoms with van der Waals surface area (Å²) in [4.78, 5) is 54.8. The number of hydrogen-bond donors (Lipinski definition) is 1. The highest BCUT2D eigenvalue weighted by Gasteiger charge is 2.40. The number of imide groups is 1. The number of fused-ring (bicyclic) bond motifs is 1. The van der Waals surface area contributed by atoms with E-state index in [1.54, 1.807) is 9.80 Å². The van der Waals surface area contributed by atoms with E-state index in [2.05, 4.69) is 10.2 Å². The lowest BCUT2D eigenvalue weighted by Crippen LogP contribution is -2.52. The number of benzene rings is 1. The van der Waals surface area contributed by atoms with Crippen molar-refractivity contribution in [2.45, 2.75) is 58.3 Å². The molecule has 3 aliphatic heterocycles. The van der Waals surface area contributed by atoms with Crippen LogP contribution >= 0.6 is 0 Å². The van der Waals surface area contributed by atoms with Gasteiger partial charge in [-0.15, -0.1) is 0 Å². The first-order valence-electron chi connectivity index (χ1n) is 11.1. The smallest absolute Gasteiger partial charge is 0.410 e. The Labute approximate surface area is 187 Å². The van der Waals surface area contributed by atoms with Crippen LogP contribution in [0.25, 0.3) is 0 Å². The van der Waals surface area contributed by atoms with Crippen molar-refractivity contribution in [3.05, 3.63) is 34.9 Å². The Morgan fingerprint density at radius 3 is 2.50 bits per heavy atom. The van der Waals surface area contributed by atoms with Crippen LogP contribution in [0.2, 0.25) is 0 Å². The van der Waals surface area contributed by atoms with Gasteiger partial charge >= 0.3 is 6.09 Å². The Morgan fingerprint density at radius 1 is 1.12 bits per heavy atom. The summed E-state index contributed by atoms with van der Waals surface area (Å²) >= 11 is 0. The topological polar surface area (TPSA) is 99.3 Å². The maximum Gasteiger partial charge on any atom is 0.410 e. The number of ether oxygens (including phenoxy) is 1. The zero-order valence-electron chi connectivity index (χ0n) is 18.8. The summed E-state index contributed by atoms with van der Waals surface area (Å²) in [7, 11) is 0. The van der Waals surface area contributed by atoms with Crippen LogP contribution in [0, 0.1) is 0 Å². The van der Waals surface area contributed by atoms with Crippen LogP contribution in [-0.2, 0) is 27.4 Å². The maximum absolute atomic E-state index is 13.2. The second-order valence-electron chi connectivity index (χ2n) is 9.59. The summed E-state index contributed by atoms with van der Waals surface area (Å²) in [5, 5.41) is 2.34. The predicted molar refractivity (Wildman–Crippen MR) is 116 cm³/mol. The molecule has 172 valence electrons. The van der Waals surface area contributed by atoms with Crippen LogP contribution in [0.4, 0.5) is 4.79 Å². The highest BCUT2D eigenvalue weighted by molar-refractivity contribution is 6.06. The Balaban J connectivity index is 1.40. The van der Waals surface area contributed by atoms with E-state index in [9.17, 15) is 19.2 Å². The minimum absolute atomic E-state index is 0.155. The van der Waals surface area contributed by atoms with Gasteiger partial charge in [-0.1, -0.05) is 18.2 Å². The monoisotopic (exact) mass is 442 g/mol. The number of amides is 4. The van der Waals surface area contributed by atoms with Gasteiger partial charge in [-0.2, -0.15) is 0 Å². The molecule has 32 heavy (non-hydrogen) atoms. The molecular weight excluding hydrogens is 412 g/mol. The summed E-state index contributed by atoms with van der Waals surface area (Å²) in [6.07, 6.45) is 0.297. The van der Waals surface area contributed by atoms with Crippen molar-refractivity contribution in [2.75, 3.05) is 26.2 Å². The first kappa shape index (κ1) is 22.3. The lowest BCUT2D eigenvalue weighted by atomic mass is 10.0. The number of nitrogens with one attached hydrogen (secondary N) is 1. The van der Waals surface area contributed by atoms with Crippen molar-refractivity contribution in [3.63, 3.8) is 0 Å². The molecule has 0 radical (unpaired) electrons. The van der Waals surface area contributed by atoms with Crippen LogP contribution in [0.15, 0.2) is 18.2 Å². The highest BCUT2D eigenvalue weighted by Crippen LogP contribution is 2.30. The van der Waals surface area contributed by atoms with E-state index < -0.39 is 17.6 Å². The van der Waals surface area contributed by atoms with Gasteiger partial charge in [-0.05, 0) is 38.3 Å². The van der Waals surface area contributed by atoms with Crippen LogP contribution < -0.4 is 5.32 Å². The zero-order chi connectivity index (χ0) is 23.0. The number of rotatable bonds is 3. The predicted octanol–water partition coefficient (Wildman–Crippen LogP) is 1.50. The first-order valence-corrected chi connectivity index (χ1v) is 11.1. The van der Waals surface area contributed by atoms with Crippen molar-refractivity contribution in [1.29, 1.82) is 0 Å². The molecule has 3 aliphatic rings. The number of piperidine rings is 1. The molecule has 0 aromatic heterocycles. The van der Waals surface area contributed by atoms with E-state index in [0.29, 0.717) is 51.3 Å². The molecule has 9 heteroatoms. The van der Waals surface area contributed by atoms with Crippen molar-refractivity contribution in [2.24, 2.45) is 0 Å². The summed E-state index contributed by atoms with van der Waals surface area (Å²) in [6.45, 7) is 9.05. The third-order valence-corrected chi connectivity index (χ3v) is 6.06. The van der Waals surface area contributed by atoms with Crippen molar-refractivity contribution < 1.29 is 23.9 Å². The fourth-order valence-electron chi connectivity index (χ4n) is 4.48. The number of nitrogens with zero attached hydrogens (tertiary/aromatic N) is 3. The second kappa shape index (κ2) is 8.54. The Bertz CT molecular complexity index is 946. The summed E-state index contributed by atoms with van der Waals surface area (Å²) in [6, 6.07) is 5.19. The largest absolute Gasteiger partial charge is 0.444 e. The molecule has 2 fully saturated rings. The van der Waals surface area contributed by atoms with E-state index in [1.807, 2.05) is 39.0 Å². The summed E-state index contributed by atoms with van der Waals surface area (Å²) in [5.41, 5.74) is 1.97. The average Bonchev–Trinajstić information content (AvgIpc) is 3.04. The molecule has 4 rings (SSSR count). The van der Waals surface area contributed by atoms with Gasteiger partial charge in [-0.25, -0.2) is 4.79 Å². The van der Waals surface area contributed by atoms with Gasteiger partial charge in [0.15, 0.2) is 0 Å². The number of hydrogen-bond acceptors (Lipinski definition) is 6. The van der Waals surface area contributed by atoms with Crippen LogP contribution in [-0.4, -0.2) is 76.3 Å². The SMILES string of the molecule is CC(C)(C)OC(=O)N1CCN(Cc2cccc3c2C(=O)N(C2CCC(=O)NC2=O)C3)CC1. The minimum atomic E-state index is -0.613. The van der Waals surface area contributed by atoms with Gasteiger partial charge < -0.3 is 14.5 Å². The first-order chi connectivity index (χ1) is 15.1. The fraction of sp³-hybridized carbons (Fsp3) is 0.565. The van der Waals surface area contributed by atoms with E-state index in [-0.39, 0.29) is 24.3 Å². The maximum atomic E-state index is 13.2. The summed E-state index contributed by atoms with van der Waals surface area (Å²) in [5.74, 6) is -0.846. The number of carbonyl (C=O) groups excluding carboxylic acids is 4. The lowest BCUT2D eigenvalue weighted by Gasteiger charge is -2.35. The molecular formula is C23H30N4O5. The zero-order valence-corrected chi connectivity index (χ0v) is 18.8. The molecule has 9 nitrogen and oxygen atoms in total. The molecule has 3 heterocycles. The molecule has 0 saturated carbocycles. The molecule has 0 spiro atoms. The lowest BCUT2D eigenvalue weighted by molar-refractivity contribution is -0.136. The third-order valence-electron chi connectivity index (χ3n) is 6.06. The van der Waals surface area contributed by atoms with Crippen molar-refractivity contribution >= 4 is 23.8 Å². The van der Waals surface area contributed by atoms with E-state index in [4.69, 9.17) is 4.74 Å². The van der Waals surface area contributed by atoms with Gasteiger partial charge in [0.2, 0.25) is 11.8 Å². The molecule has 1 aromatic carbocycles. The molecule has 4 amide bonds. The summed E-state index contributed by atoms with van der Waals surface area (Å²) < 4.78 is 5.45. The number of carbonyl (C=O) groups is 4. The normalized spacial score (nSPS) is 22.1. The highest BCUT2D eigenvalue weighted by atomic mass is 16.6. The molecule has 2 saturated heterocycles. The molecule has 1 N–H and O–H groups in total. The van der Waals surface area contributed by atoms with Gasteiger partial charge in [-0.3, -0.25) is 24.6 Å². The van der Waals surface area contributed by atoms with E-state index in [0.717, 1.165) is 11.1 Å². The second-order valence-corrected chi connectivity index (χ2v) is 9.59. The van der Waals surface area contributed by atoms with E-state index >= 15 is 0 Å². The quantitative estimate of drug-likeness (QED) is 0.713. The van der Waals surface area contributed by atoms with Crippen LogP contribution in [0.5, 0.6) is 0 Å². The molecule has 0 aliphatic carbocycles. The molecule has 1 atom stereocenters. The van der Waals surface area contributed by atoms with Gasteiger partial charge in [0.05, 0.1) is 0 Å². The van der Waals surface area contributed by atoms with E-state index in [1.165, 1.54) is 0 Å². The molecule has 1 aromatic rings. The standard InChI is InChI=1S/C23H30N4O5/c1-23(2,3)32-22(31)26-11-9-25(10-12-26)13-15-5-4-6-16-14-27(21(30)19(15)16)17-7-8-18(28)24-20(17)29/h4-6,17H,7-14H2,1-3H3,(H,24,28,29).